The highest BCUT2D eigenvalue weighted by Gasteiger charge is 2.47. The Labute approximate surface area is 230 Å². The van der Waals surface area contributed by atoms with Crippen LogP contribution in [0.25, 0.3) is 5.76 Å². The molecule has 0 aromatic heterocycles. The number of carbonyl (C=O) groups excluding carboxylic acids is 2. The minimum absolute atomic E-state index is 0.00785. The Bertz CT molecular complexity index is 1370. The molecule has 3 aromatic carbocycles. The van der Waals surface area contributed by atoms with E-state index in [2.05, 4.69) is 13.8 Å². The lowest BCUT2D eigenvalue weighted by molar-refractivity contribution is -0.132. The Morgan fingerprint density at radius 1 is 0.949 bits per heavy atom. The number of amides is 1. The zero-order chi connectivity index (χ0) is 28.3. The maximum atomic E-state index is 13.5. The molecule has 0 aliphatic carbocycles. The van der Waals surface area contributed by atoms with Crippen LogP contribution < -0.4 is 14.4 Å². The molecule has 6 heteroatoms. The lowest BCUT2D eigenvalue weighted by Crippen LogP contribution is -2.29. The Hall–Kier alpha value is -4.06. The first-order valence-electron chi connectivity index (χ1n) is 13.5. The third-order valence-electron chi connectivity index (χ3n) is 6.76. The summed E-state index contributed by atoms with van der Waals surface area (Å²) in [5, 5.41) is 11.5. The van der Waals surface area contributed by atoms with E-state index in [1.807, 2.05) is 76.2 Å². The molecule has 1 atom stereocenters. The largest absolute Gasteiger partial charge is 0.507 e. The summed E-state index contributed by atoms with van der Waals surface area (Å²) in [5.41, 5.74) is 3.74. The molecule has 4 rings (SSSR count). The SMILES string of the molecule is CCCOc1ccc(/C(O)=C2/C(=O)C(=O)N(c3ccc(C(C)C)cc3)C2c2ccc(OC(C)C)cc2)cc1C. The molecule has 1 aliphatic heterocycles. The zero-order valence-corrected chi connectivity index (χ0v) is 23.5. The van der Waals surface area contributed by atoms with E-state index in [1.165, 1.54) is 4.90 Å². The monoisotopic (exact) mass is 527 g/mol. The van der Waals surface area contributed by atoms with Crippen molar-refractivity contribution in [3.63, 3.8) is 0 Å². The van der Waals surface area contributed by atoms with Crippen molar-refractivity contribution < 1.29 is 24.2 Å². The first-order valence-corrected chi connectivity index (χ1v) is 13.5. The number of nitrogens with zero attached hydrogens (tertiary/aromatic N) is 1. The van der Waals surface area contributed by atoms with Gasteiger partial charge in [-0.15, -0.1) is 0 Å². The summed E-state index contributed by atoms with van der Waals surface area (Å²) >= 11 is 0. The molecule has 0 bridgehead atoms. The van der Waals surface area contributed by atoms with Crippen LogP contribution in [-0.4, -0.2) is 29.5 Å². The number of hydrogen-bond donors (Lipinski definition) is 1. The summed E-state index contributed by atoms with van der Waals surface area (Å²) < 4.78 is 11.6. The van der Waals surface area contributed by atoms with Crippen molar-refractivity contribution in [1.29, 1.82) is 0 Å². The van der Waals surface area contributed by atoms with Gasteiger partial charge in [-0.25, -0.2) is 0 Å². The Balaban J connectivity index is 1.84. The van der Waals surface area contributed by atoms with Crippen LogP contribution in [0, 0.1) is 6.92 Å². The normalized spacial score (nSPS) is 16.8. The van der Waals surface area contributed by atoms with E-state index in [4.69, 9.17) is 9.47 Å². The van der Waals surface area contributed by atoms with Gasteiger partial charge < -0.3 is 14.6 Å². The Morgan fingerprint density at radius 3 is 2.18 bits per heavy atom. The number of anilines is 1. The zero-order valence-electron chi connectivity index (χ0n) is 23.5. The molecule has 0 spiro atoms. The van der Waals surface area contributed by atoms with Gasteiger partial charge in [0.25, 0.3) is 11.7 Å². The van der Waals surface area contributed by atoms with Gasteiger partial charge in [-0.3, -0.25) is 14.5 Å². The van der Waals surface area contributed by atoms with Crippen LogP contribution in [0.4, 0.5) is 5.69 Å². The van der Waals surface area contributed by atoms with E-state index in [1.54, 1.807) is 18.2 Å². The van der Waals surface area contributed by atoms with Crippen LogP contribution in [0.2, 0.25) is 0 Å². The second-order valence-electron chi connectivity index (χ2n) is 10.5. The van der Waals surface area contributed by atoms with Gasteiger partial charge >= 0.3 is 0 Å². The smallest absolute Gasteiger partial charge is 0.300 e. The lowest BCUT2D eigenvalue weighted by atomic mass is 9.94. The topological polar surface area (TPSA) is 76.1 Å². The second-order valence-corrected chi connectivity index (χ2v) is 10.5. The van der Waals surface area contributed by atoms with Gasteiger partial charge in [-0.1, -0.05) is 45.0 Å². The molecule has 1 fully saturated rings. The van der Waals surface area contributed by atoms with Crippen molar-refractivity contribution in [3.8, 4) is 11.5 Å². The van der Waals surface area contributed by atoms with Gasteiger partial charge in [0, 0.05) is 11.3 Å². The molecule has 1 saturated heterocycles. The molecule has 0 radical (unpaired) electrons. The quantitative estimate of drug-likeness (QED) is 0.179. The van der Waals surface area contributed by atoms with E-state index >= 15 is 0 Å². The summed E-state index contributed by atoms with van der Waals surface area (Å²) in [6.07, 6.45) is 0.887. The molecule has 204 valence electrons. The number of aliphatic hydroxyl groups excluding tert-OH is 1. The summed E-state index contributed by atoms with van der Waals surface area (Å²) in [5.74, 6) is 0.109. The number of ether oxygens (including phenoxy) is 2. The van der Waals surface area contributed by atoms with E-state index < -0.39 is 17.7 Å². The van der Waals surface area contributed by atoms with Crippen LogP contribution in [0.15, 0.2) is 72.3 Å². The number of benzene rings is 3. The number of aryl methyl sites for hydroxylation is 1. The molecule has 0 saturated carbocycles. The average molecular weight is 528 g/mol. The molecule has 1 N–H and O–H groups in total. The Kier molecular flexibility index (Phi) is 8.44. The van der Waals surface area contributed by atoms with Crippen LogP contribution in [-0.2, 0) is 9.59 Å². The van der Waals surface area contributed by atoms with Crippen molar-refractivity contribution in [1.82, 2.24) is 0 Å². The predicted molar refractivity (Wildman–Crippen MR) is 154 cm³/mol. The highest BCUT2D eigenvalue weighted by molar-refractivity contribution is 6.51. The minimum atomic E-state index is -0.806. The number of Topliss-reactive ketones (excluding diaryl/α,β-unsaturated/α-hetero) is 1. The fourth-order valence-corrected chi connectivity index (χ4v) is 4.76. The van der Waals surface area contributed by atoms with Crippen LogP contribution in [0.1, 0.15) is 75.3 Å². The number of ketones is 1. The predicted octanol–water partition coefficient (Wildman–Crippen LogP) is 7.32. The van der Waals surface area contributed by atoms with Gasteiger partial charge in [0.05, 0.1) is 24.3 Å². The van der Waals surface area contributed by atoms with Gasteiger partial charge in [0.1, 0.15) is 17.3 Å². The number of aliphatic hydroxyl groups is 1. The highest BCUT2D eigenvalue weighted by atomic mass is 16.5. The number of carbonyl (C=O) groups is 2. The summed E-state index contributed by atoms with van der Waals surface area (Å²) in [7, 11) is 0. The van der Waals surface area contributed by atoms with Crippen LogP contribution >= 0.6 is 0 Å². The van der Waals surface area contributed by atoms with Crippen molar-refractivity contribution >= 4 is 23.1 Å². The molecule has 1 amide bonds. The molecule has 1 aliphatic rings. The van der Waals surface area contributed by atoms with Gasteiger partial charge in [0.2, 0.25) is 0 Å². The maximum absolute atomic E-state index is 13.5. The van der Waals surface area contributed by atoms with Crippen molar-refractivity contribution in [2.75, 3.05) is 11.5 Å². The molecule has 1 heterocycles. The number of hydrogen-bond acceptors (Lipinski definition) is 5. The molecular weight excluding hydrogens is 490 g/mol. The molecule has 3 aromatic rings. The first-order chi connectivity index (χ1) is 18.6. The molecule has 6 nitrogen and oxygen atoms in total. The fourth-order valence-electron chi connectivity index (χ4n) is 4.76. The van der Waals surface area contributed by atoms with Gasteiger partial charge in [0.15, 0.2) is 0 Å². The van der Waals surface area contributed by atoms with Crippen LogP contribution in [0.3, 0.4) is 0 Å². The van der Waals surface area contributed by atoms with E-state index in [0.29, 0.717) is 35.1 Å². The van der Waals surface area contributed by atoms with Gasteiger partial charge in [-0.2, -0.15) is 0 Å². The molecule has 1 unspecified atom stereocenters. The molecule has 39 heavy (non-hydrogen) atoms. The summed E-state index contributed by atoms with van der Waals surface area (Å²) in [4.78, 5) is 28.5. The average Bonchev–Trinajstić information content (AvgIpc) is 3.17. The van der Waals surface area contributed by atoms with Crippen molar-refractivity contribution in [3.05, 3.63) is 94.6 Å². The van der Waals surface area contributed by atoms with Gasteiger partial charge in [-0.05, 0) is 92.3 Å². The standard InChI is InChI=1S/C33H37NO5/c1-7-18-38-28-17-12-25(19-22(28)6)31(35)29-30(24-10-15-27(16-11-24)39-21(4)5)34(33(37)32(29)36)26-13-8-23(9-14-26)20(2)3/h8-17,19-21,30,35H,7,18H2,1-6H3/b31-29-. The van der Waals surface area contributed by atoms with E-state index in [9.17, 15) is 14.7 Å². The van der Waals surface area contributed by atoms with Crippen LogP contribution in [0.5, 0.6) is 11.5 Å². The lowest BCUT2D eigenvalue weighted by Gasteiger charge is -2.26. The van der Waals surface area contributed by atoms with E-state index in [0.717, 1.165) is 23.3 Å². The third-order valence-corrected chi connectivity index (χ3v) is 6.76. The molecular formula is C33H37NO5. The minimum Gasteiger partial charge on any atom is -0.507 e. The van der Waals surface area contributed by atoms with Crippen molar-refractivity contribution in [2.24, 2.45) is 0 Å². The third kappa shape index (κ3) is 5.85. The second kappa shape index (κ2) is 11.8. The summed E-state index contributed by atoms with van der Waals surface area (Å²) in [6, 6.07) is 19.4. The highest BCUT2D eigenvalue weighted by Crippen LogP contribution is 2.43. The number of rotatable bonds is 9. The van der Waals surface area contributed by atoms with Crippen molar-refractivity contribution in [2.45, 2.75) is 66.0 Å². The fraction of sp³-hybridized carbons (Fsp3) is 0.333. The Morgan fingerprint density at radius 2 is 1.62 bits per heavy atom. The van der Waals surface area contributed by atoms with E-state index in [-0.39, 0.29) is 17.4 Å². The maximum Gasteiger partial charge on any atom is 0.300 e. The first kappa shape index (κ1) is 28.0. The summed E-state index contributed by atoms with van der Waals surface area (Å²) in [6.45, 7) is 12.6.